The highest BCUT2D eigenvalue weighted by Crippen LogP contribution is 2.38. The van der Waals surface area contributed by atoms with Gasteiger partial charge in [-0.05, 0) is 25.2 Å². The molecule has 8 heteroatoms. The summed E-state index contributed by atoms with van der Waals surface area (Å²) in [7, 11) is 3.14. The van der Waals surface area contributed by atoms with Gasteiger partial charge < -0.3 is 15.3 Å². The summed E-state index contributed by atoms with van der Waals surface area (Å²) in [6, 6.07) is 0. The first-order chi connectivity index (χ1) is 10.8. The van der Waals surface area contributed by atoms with Gasteiger partial charge in [-0.1, -0.05) is 24.4 Å². The number of oxime groups is 1. The van der Waals surface area contributed by atoms with Gasteiger partial charge in [-0.3, -0.25) is 14.4 Å². The first-order valence-corrected chi connectivity index (χ1v) is 7.69. The number of rotatable bonds is 6. The van der Waals surface area contributed by atoms with Crippen LogP contribution in [0.3, 0.4) is 0 Å². The normalized spacial score (nSPS) is 17.3. The van der Waals surface area contributed by atoms with Crippen molar-refractivity contribution in [2.24, 2.45) is 10.6 Å². The van der Waals surface area contributed by atoms with Crippen molar-refractivity contribution in [3.05, 3.63) is 0 Å². The number of hydrogen-bond acceptors (Lipinski definition) is 5. The lowest BCUT2D eigenvalue weighted by atomic mass is 9.72. The first-order valence-electron chi connectivity index (χ1n) is 7.69. The summed E-state index contributed by atoms with van der Waals surface area (Å²) in [5.74, 6) is -1.22. The second kappa shape index (κ2) is 8.50. The van der Waals surface area contributed by atoms with Crippen LogP contribution in [-0.2, 0) is 14.4 Å². The van der Waals surface area contributed by atoms with Gasteiger partial charge in [-0.15, -0.1) is 0 Å². The number of carbonyl (C=O) groups is 3. The Kier molecular flexibility index (Phi) is 6.99. The highest BCUT2D eigenvalue weighted by Gasteiger charge is 2.34. The standard InChI is InChI=1S/C15H25N3O5/c1-11(13(21)18(2)3)17-23-14(22)16-10-15(9-12(19)20)7-5-4-6-8-15/h4-10H2,1-3H3,(H,16,22)(H,19,20). The summed E-state index contributed by atoms with van der Waals surface area (Å²) in [5.41, 5.74) is -0.371. The van der Waals surface area contributed by atoms with Gasteiger partial charge in [0.15, 0.2) is 0 Å². The van der Waals surface area contributed by atoms with Crippen molar-refractivity contribution in [3.8, 4) is 0 Å². The van der Waals surface area contributed by atoms with E-state index in [0.29, 0.717) is 0 Å². The molecule has 0 saturated heterocycles. The Morgan fingerprint density at radius 3 is 2.35 bits per heavy atom. The number of nitrogens with one attached hydrogen (secondary N) is 1. The van der Waals surface area contributed by atoms with E-state index in [1.54, 1.807) is 14.1 Å². The van der Waals surface area contributed by atoms with Crippen LogP contribution in [0.25, 0.3) is 0 Å². The summed E-state index contributed by atoms with van der Waals surface area (Å²) in [4.78, 5) is 40.3. The molecule has 0 atom stereocenters. The SMILES string of the molecule is CC(=NOC(=O)NCC1(CC(=O)O)CCCCC1)C(=O)N(C)C. The molecule has 8 nitrogen and oxygen atoms in total. The minimum absolute atomic E-state index is 0.0225. The minimum atomic E-state index is -0.868. The van der Waals surface area contributed by atoms with Gasteiger partial charge in [-0.2, -0.15) is 0 Å². The van der Waals surface area contributed by atoms with Gasteiger partial charge in [0.1, 0.15) is 5.71 Å². The highest BCUT2D eigenvalue weighted by molar-refractivity contribution is 6.37. The summed E-state index contributed by atoms with van der Waals surface area (Å²) < 4.78 is 0. The van der Waals surface area contributed by atoms with Crippen molar-refractivity contribution in [1.82, 2.24) is 10.2 Å². The summed E-state index contributed by atoms with van der Waals surface area (Å²) >= 11 is 0. The molecule has 0 aromatic heterocycles. The summed E-state index contributed by atoms with van der Waals surface area (Å²) in [5, 5.41) is 15.1. The van der Waals surface area contributed by atoms with E-state index in [4.69, 9.17) is 5.11 Å². The van der Waals surface area contributed by atoms with E-state index in [-0.39, 0.29) is 24.6 Å². The fraction of sp³-hybridized carbons (Fsp3) is 0.733. The fourth-order valence-electron chi connectivity index (χ4n) is 2.80. The number of aliphatic carboxylic acids is 1. The van der Waals surface area contributed by atoms with Gasteiger partial charge in [0.25, 0.3) is 5.91 Å². The Bertz CT molecular complexity index is 482. The van der Waals surface area contributed by atoms with Crippen LogP contribution in [0.1, 0.15) is 45.4 Å². The molecule has 0 spiro atoms. The van der Waals surface area contributed by atoms with Gasteiger partial charge >= 0.3 is 12.1 Å². The van der Waals surface area contributed by atoms with Crippen molar-refractivity contribution >= 4 is 23.7 Å². The molecule has 0 radical (unpaired) electrons. The maximum Gasteiger partial charge on any atom is 0.433 e. The van der Waals surface area contributed by atoms with E-state index in [9.17, 15) is 14.4 Å². The molecule has 0 heterocycles. The van der Waals surface area contributed by atoms with E-state index in [1.165, 1.54) is 11.8 Å². The summed E-state index contributed by atoms with van der Waals surface area (Å²) in [6.07, 6.45) is 3.77. The van der Waals surface area contributed by atoms with Gasteiger partial charge in [0, 0.05) is 20.6 Å². The van der Waals surface area contributed by atoms with Crippen molar-refractivity contribution in [2.45, 2.75) is 45.4 Å². The molecule has 130 valence electrons. The van der Waals surface area contributed by atoms with Crippen LogP contribution in [0.5, 0.6) is 0 Å². The van der Waals surface area contributed by atoms with Gasteiger partial charge in [0.2, 0.25) is 0 Å². The van der Waals surface area contributed by atoms with Crippen LogP contribution in [0.2, 0.25) is 0 Å². The predicted octanol–water partition coefficient (Wildman–Crippen LogP) is 1.60. The smallest absolute Gasteiger partial charge is 0.433 e. The molecule has 1 saturated carbocycles. The molecule has 0 aliphatic heterocycles. The molecule has 0 bridgehead atoms. The summed E-state index contributed by atoms with van der Waals surface area (Å²) in [6.45, 7) is 1.68. The Morgan fingerprint density at radius 2 is 1.83 bits per heavy atom. The number of carboxylic acid groups (broad SMARTS) is 1. The molecule has 0 unspecified atom stereocenters. The zero-order chi connectivity index (χ0) is 17.5. The van der Waals surface area contributed by atoms with Crippen LogP contribution >= 0.6 is 0 Å². The molecule has 2 amide bonds. The second-order valence-electron chi connectivity index (χ2n) is 6.24. The average Bonchev–Trinajstić information content (AvgIpc) is 2.50. The molecular weight excluding hydrogens is 302 g/mol. The van der Waals surface area contributed by atoms with E-state index < -0.39 is 17.5 Å². The van der Waals surface area contributed by atoms with Gasteiger partial charge in [0.05, 0.1) is 6.42 Å². The van der Waals surface area contributed by atoms with E-state index in [0.717, 1.165) is 32.1 Å². The minimum Gasteiger partial charge on any atom is -0.481 e. The number of carbonyl (C=O) groups excluding carboxylic acids is 2. The van der Waals surface area contributed by atoms with Crippen LogP contribution < -0.4 is 5.32 Å². The van der Waals surface area contributed by atoms with E-state index in [2.05, 4.69) is 15.3 Å². The van der Waals surface area contributed by atoms with Crippen molar-refractivity contribution in [2.75, 3.05) is 20.6 Å². The van der Waals surface area contributed by atoms with Crippen LogP contribution in [-0.4, -0.2) is 54.3 Å². The highest BCUT2D eigenvalue weighted by atomic mass is 16.7. The maximum absolute atomic E-state index is 11.7. The number of carboxylic acids is 1. The van der Waals surface area contributed by atoms with Crippen molar-refractivity contribution in [3.63, 3.8) is 0 Å². The molecule has 1 fully saturated rings. The maximum atomic E-state index is 11.7. The molecule has 1 aliphatic rings. The average molecular weight is 327 g/mol. The molecule has 0 aromatic carbocycles. The van der Waals surface area contributed by atoms with Crippen molar-refractivity contribution in [1.29, 1.82) is 0 Å². The van der Waals surface area contributed by atoms with Crippen LogP contribution in [0, 0.1) is 5.41 Å². The number of nitrogens with zero attached hydrogens (tertiary/aromatic N) is 2. The molecule has 23 heavy (non-hydrogen) atoms. The Balaban J connectivity index is 2.54. The van der Waals surface area contributed by atoms with Crippen LogP contribution in [0.4, 0.5) is 4.79 Å². The van der Waals surface area contributed by atoms with Crippen LogP contribution in [0.15, 0.2) is 5.16 Å². The second-order valence-corrected chi connectivity index (χ2v) is 6.24. The monoisotopic (exact) mass is 327 g/mol. The Labute approximate surface area is 135 Å². The lowest BCUT2D eigenvalue weighted by Gasteiger charge is -2.35. The lowest BCUT2D eigenvalue weighted by Crippen LogP contribution is -2.40. The molecular formula is C15H25N3O5. The third kappa shape index (κ3) is 6.25. The van der Waals surface area contributed by atoms with Gasteiger partial charge in [-0.25, -0.2) is 4.79 Å². The number of hydrogen-bond donors (Lipinski definition) is 2. The number of amides is 2. The lowest BCUT2D eigenvalue weighted by molar-refractivity contribution is -0.140. The van der Waals surface area contributed by atoms with E-state index >= 15 is 0 Å². The quantitative estimate of drug-likeness (QED) is 0.437. The third-order valence-corrected chi connectivity index (χ3v) is 4.03. The predicted molar refractivity (Wildman–Crippen MR) is 84.1 cm³/mol. The Hall–Kier alpha value is -2.12. The first kappa shape index (κ1) is 18.9. The van der Waals surface area contributed by atoms with E-state index in [1.807, 2.05) is 0 Å². The van der Waals surface area contributed by atoms with Crippen molar-refractivity contribution < 1.29 is 24.3 Å². The zero-order valence-electron chi connectivity index (χ0n) is 13.9. The fourth-order valence-corrected chi connectivity index (χ4v) is 2.80. The third-order valence-electron chi connectivity index (χ3n) is 4.03. The zero-order valence-corrected chi connectivity index (χ0v) is 13.9. The molecule has 2 N–H and O–H groups in total. The molecule has 1 aliphatic carbocycles. The molecule has 0 aromatic rings. The topological polar surface area (TPSA) is 108 Å². The largest absolute Gasteiger partial charge is 0.481 e. The Morgan fingerprint density at radius 1 is 1.22 bits per heavy atom. The molecule has 1 rings (SSSR count).